The molecule has 0 saturated heterocycles. The number of halogens is 3. The molecule has 2 heterocycles. The van der Waals surface area contributed by atoms with Gasteiger partial charge in [-0.25, -0.2) is 0 Å². The van der Waals surface area contributed by atoms with Crippen molar-refractivity contribution in [3.8, 4) is 0 Å². The molecule has 1 N–H and O–H groups in total. The number of nitrogens with one attached hydrogen (secondary N) is 1. The lowest BCUT2D eigenvalue weighted by atomic mass is 10.1. The molecule has 176 valence electrons. The first-order valence-electron chi connectivity index (χ1n) is 10.0. The third-order valence-electron chi connectivity index (χ3n) is 5.43. The van der Waals surface area contributed by atoms with E-state index in [0.717, 1.165) is 12.1 Å². The van der Waals surface area contributed by atoms with Gasteiger partial charge >= 0.3 is 11.9 Å². The van der Waals surface area contributed by atoms with Crippen LogP contribution in [0, 0.1) is 37.8 Å². The minimum Gasteiger partial charge on any atom is -0.321 e. The van der Waals surface area contributed by atoms with Gasteiger partial charge in [0.1, 0.15) is 17.4 Å². The molecule has 1 amide bonds. The second-order valence-corrected chi connectivity index (χ2v) is 7.79. The Hall–Kier alpha value is -3.70. The highest BCUT2D eigenvalue weighted by atomic mass is 19.4. The van der Waals surface area contributed by atoms with Crippen molar-refractivity contribution in [2.45, 2.75) is 53.4 Å². The fraction of sp³-hybridized carbons (Fsp3) is 0.381. The van der Waals surface area contributed by atoms with Gasteiger partial charge in [-0.1, -0.05) is 12.1 Å². The highest BCUT2D eigenvalue weighted by Crippen LogP contribution is 2.30. The molecule has 2 aromatic heterocycles. The second-order valence-electron chi connectivity index (χ2n) is 7.79. The van der Waals surface area contributed by atoms with Gasteiger partial charge in [0.15, 0.2) is 0 Å². The quantitative estimate of drug-likeness (QED) is 0.427. The Labute approximate surface area is 187 Å². The SMILES string of the molecule is Cc1nn(Cc2cccc(C(F)(F)F)c2)c(C)c1NC(=O)C(C)n1nc(C)c([N+](=O)[O-])c1C. The van der Waals surface area contributed by atoms with E-state index in [9.17, 15) is 28.1 Å². The third-order valence-corrected chi connectivity index (χ3v) is 5.43. The molecule has 33 heavy (non-hydrogen) atoms. The van der Waals surface area contributed by atoms with Gasteiger partial charge in [0, 0.05) is 0 Å². The van der Waals surface area contributed by atoms with Crippen molar-refractivity contribution in [3.63, 3.8) is 0 Å². The number of hydrogen-bond donors (Lipinski definition) is 1. The second kappa shape index (κ2) is 8.68. The van der Waals surface area contributed by atoms with Crippen LogP contribution in [0.3, 0.4) is 0 Å². The number of anilines is 1. The summed E-state index contributed by atoms with van der Waals surface area (Å²) in [5.41, 5.74) is 1.46. The number of carbonyl (C=O) groups excluding carboxylic acids is 1. The Kier molecular flexibility index (Phi) is 6.30. The monoisotopic (exact) mass is 464 g/mol. The number of alkyl halides is 3. The summed E-state index contributed by atoms with van der Waals surface area (Å²) in [6.07, 6.45) is -4.45. The number of rotatable bonds is 6. The molecule has 1 atom stereocenters. The number of aryl methyl sites for hydroxylation is 2. The van der Waals surface area contributed by atoms with Crippen molar-refractivity contribution < 1.29 is 22.9 Å². The molecule has 12 heteroatoms. The van der Waals surface area contributed by atoms with Crippen LogP contribution >= 0.6 is 0 Å². The Bertz CT molecular complexity index is 1230. The Balaban J connectivity index is 1.83. The molecule has 9 nitrogen and oxygen atoms in total. The lowest BCUT2D eigenvalue weighted by Crippen LogP contribution is -2.25. The maximum atomic E-state index is 13.0. The summed E-state index contributed by atoms with van der Waals surface area (Å²) in [7, 11) is 0. The molecular formula is C21H23F3N6O3. The van der Waals surface area contributed by atoms with E-state index < -0.39 is 28.6 Å². The molecular weight excluding hydrogens is 441 g/mol. The molecule has 0 aliphatic heterocycles. The maximum Gasteiger partial charge on any atom is 0.416 e. The van der Waals surface area contributed by atoms with Gasteiger partial charge < -0.3 is 5.32 Å². The summed E-state index contributed by atoms with van der Waals surface area (Å²) in [5, 5.41) is 22.5. The standard InChI is InChI=1S/C21H23F3N6O3/c1-11-18(25-20(31)15(5)29-14(4)19(30(32)33)12(2)27-29)13(3)28(26-11)10-16-7-6-8-17(9-16)21(22,23)24/h6-9,15H,10H2,1-5H3,(H,25,31). The molecule has 0 bridgehead atoms. The van der Waals surface area contributed by atoms with Crippen molar-refractivity contribution in [2.24, 2.45) is 0 Å². The first-order chi connectivity index (χ1) is 15.3. The number of benzene rings is 1. The average molecular weight is 464 g/mol. The van der Waals surface area contributed by atoms with Crippen molar-refractivity contribution in [3.05, 3.63) is 68.3 Å². The van der Waals surface area contributed by atoms with Gasteiger partial charge in [0.25, 0.3) is 0 Å². The van der Waals surface area contributed by atoms with Crippen LogP contribution in [0.5, 0.6) is 0 Å². The van der Waals surface area contributed by atoms with Gasteiger partial charge in [-0.2, -0.15) is 23.4 Å². The van der Waals surface area contributed by atoms with Crippen LogP contribution in [0.25, 0.3) is 0 Å². The highest BCUT2D eigenvalue weighted by molar-refractivity contribution is 5.94. The fourth-order valence-electron chi connectivity index (χ4n) is 3.68. The minimum atomic E-state index is -4.45. The van der Waals surface area contributed by atoms with E-state index in [1.165, 1.54) is 29.3 Å². The minimum absolute atomic E-state index is 0.0890. The van der Waals surface area contributed by atoms with E-state index in [-0.39, 0.29) is 23.6 Å². The lowest BCUT2D eigenvalue weighted by molar-refractivity contribution is -0.386. The maximum absolute atomic E-state index is 13.0. The smallest absolute Gasteiger partial charge is 0.321 e. The first kappa shape index (κ1) is 24.0. The fourth-order valence-corrected chi connectivity index (χ4v) is 3.68. The molecule has 0 radical (unpaired) electrons. The number of carbonyl (C=O) groups is 1. The van der Waals surface area contributed by atoms with Gasteiger partial charge in [-0.05, 0) is 52.3 Å². The van der Waals surface area contributed by atoms with Crippen molar-refractivity contribution in [2.75, 3.05) is 5.32 Å². The van der Waals surface area contributed by atoms with Crippen molar-refractivity contribution in [1.29, 1.82) is 0 Å². The van der Waals surface area contributed by atoms with Crippen LogP contribution in [0.1, 0.15) is 46.9 Å². The molecule has 0 fully saturated rings. The number of nitrogens with zero attached hydrogens (tertiary/aromatic N) is 5. The normalized spacial score (nSPS) is 12.6. The molecule has 0 spiro atoms. The van der Waals surface area contributed by atoms with E-state index in [1.807, 2.05) is 0 Å². The average Bonchev–Trinajstić information content (AvgIpc) is 3.16. The zero-order valence-corrected chi connectivity index (χ0v) is 18.7. The summed E-state index contributed by atoms with van der Waals surface area (Å²) in [4.78, 5) is 23.6. The zero-order valence-electron chi connectivity index (χ0n) is 18.7. The summed E-state index contributed by atoms with van der Waals surface area (Å²) in [6.45, 7) is 8.04. The first-order valence-corrected chi connectivity index (χ1v) is 10.0. The summed E-state index contributed by atoms with van der Waals surface area (Å²) in [5.74, 6) is -0.458. The Morgan fingerprint density at radius 3 is 2.39 bits per heavy atom. The van der Waals surface area contributed by atoms with Crippen LogP contribution < -0.4 is 5.32 Å². The molecule has 0 aliphatic rings. The molecule has 1 aromatic carbocycles. The molecule has 0 aliphatic carbocycles. The van der Waals surface area contributed by atoms with E-state index in [1.54, 1.807) is 26.8 Å². The molecule has 3 aromatic rings. The van der Waals surface area contributed by atoms with E-state index >= 15 is 0 Å². The zero-order chi connectivity index (χ0) is 24.7. The predicted octanol–water partition coefficient (Wildman–Crippen LogP) is 4.49. The number of nitro groups is 1. The van der Waals surface area contributed by atoms with Gasteiger partial charge in [0.05, 0.1) is 34.1 Å². The Morgan fingerprint density at radius 1 is 1.15 bits per heavy atom. The summed E-state index contributed by atoms with van der Waals surface area (Å²) >= 11 is 0. The van der Waals surface area contributed by atoms with Crippen LogP contribution in [0.2, 0.25) is 0 Å². The van der Waals surface area contributed by atoms with Crippen molar-refractivity contribution >= 4 is 17.3 Å². The van der Waals surface area contributed by atoms with E-state index in [4.69, 9.17) is 0 Å². The largest absolute Gasteiger partial charge is 0.416 e. The number of amides is 1. The van der Waals surface area contributed by atoms with Gasteiger partial charge in [-0.3, -0.25) is 24.3 Å². The number of hydrogen-bond acceptors (Lipinski definition) is 5. The van der Waals surface area contributed by atoms with E-state index in [2.05, 4.69) is 15.5 Å². The highest BCUT2D eigenvalue weighted by Gasteiger charge is 2.31. The van der Waals surface area contributed by atoms with E-state index in [0.29, 0.717) is 22.6 Å². The van der Waals surface area contributed by atoms with Crippen LogP contribution in [0.4, 0.5) is 24.5 Å². The third kappa shape index (κ3) is 4.73. The van der Waals surface area contributed by atoms with Gasteiger partial charge in [0.2, 0.25) is 5.91 Å². The number of aromatic nitrogens is 4. The molecule has 3 rings (SSSR count). The molecule has 0 saturated carbocycles. The molecule has 1 unspecified atom stereocenters. The van der Waals surface area contributed by atoms with Gasteiger partial charge in [-0.15, -0.1) is 0 Å². The van der Waals surface area contributed by atoms with Crippen LogP contribution in [-0.2, 0) is 17.5 Å². The topological polar surface area (TPSA) is 108 Å². The van der Waals surface area contributed by atoms with Crippen molar-refractivity contribution in [1.82, 2.24) is 19.6 Å². The summed E-state index contributed by atoms with van der Waals surface area (Å²) < 4.78 is 41.8. The lowest BCUT2D eigenvalue weighted by Gasteiger charge is -2.14. The predicted molar refractivity (Wildman–Crippen MR) is 114 cm³/mol. The Morgan fingerprint density at radius 2 is 1.82 bits per heavy atom. The van der Waals surface area contributed by atoms with Crippen LogP contribution in [0.15, 0.2) is 24.3 Å². The summed E-state index contributed by atoms with van der Waals surface area (Å²) in [6, 6.07) is 4.12. The van der Waals surface area contributed by atoms with Crippen LogP contribution in [-0.4, -0.2) is 30.4 Å².